The van der Waals surface area contributed by atoms with Gasteiger partial charge < -0.3 is 9.30 Å². The number of hydrogen-bond acceptors (Lipinski definition) is 3. The highest BCUT2D eigenvalue weighted by Crippen LogP contribution is 2.33. The predicted molar refractivity (Wildman–Crippen MR) is 97.8 cm³/mol. The summed E-state index contributed by atoms with van der Waals surface area (Å²) in [5.74, 6) is 0.847. The van der Waals surface area contributed by atoms with Crippen LogP contribution < -0.4 is 10.3 Å². The first-order chi connectivity index (χ1) is 11.7. The van der Waals surface area contributed by atoms with Crippen LogP contribution in [0.3, 0.4) is 0 Å². The Labute approximate surface area is 142 Å². The van der Waals surface area contributed by atoms with Crippen molar-refractivity contribution < 1.29 is 4.74 Å². The SMILES string of the molecule is CCCOc1ccccc1C1=Nc2c(CCC)cn(C)c(=O)c2C1. The van der Waals surface area contributed by atoms with Crippen molar-refractivity contribution >= 4 is 11.4 Å². The third-order valence-electron chi connectivity index (χ3n) is 4.29. The van der Waals surface area contributed by atoms with Gasteiger partial charge in [-0.15, -0.1) is 0 Å². The predicted octanol–water partition coefficient (Wildman–Crippen LogP) is 3.80. The van der Waals surface area contributed by atoms with Crippen molar-refractivity contribution in [2.24, 2.45) is 12.0 Å². The number of hydrogen-bond donors (Lipinski definition) is 0. The van der Waals surface area contributed by atoms with Gasteiger partial charge in [-0.1, -0.05) is 32.4 Å². The molecule has 0 aliphatic carbocycles. The Bertz CT molecular complexity index is 834. The zero-order chi connectivity index (χ0) is 17.1. The van der Waals surface area contributed by atoms with Gasteiger partial charge in [-0.25, -0.2) is 0 Å². The second-order valence-corrected chi connectivity index (χ2v) is 6.23. The molecule has 0 N–H and O–H groups in total. The van der Waals surface area contributed by atoms with Crippen LogP contribution in [0, 0.1) is 0 Å². The van der Waals surface area contributed by atoms with Gasteiger partial charge in [0.2, 0.25) is 0 Å². The molecule has 0 bridgehead atoms. The molecule has 1 aromatic heterocycles. The average Bonchev–Trinajstić information content (AvgIpc) is 3.04. The molecule has 2 aromatic rings. The number of aliphatic imine (C=N–C) groups is 1. The summed E-state index contributed by atoms with van der Waals surface area (Å²) in [6, 6.07) is 7.96. The summed E-state index contributed by atoms with van der Waals surface area (Å²) in [5, 5.41) is 0. The van der Waals surface area contributed by atoms with Gasteiger partial charge in [0, 0.05) is 30.8 Å². The minimum Gasteiger partial charge on any atom is -0.493 e. The summed E-state index contributed by atoms with van der Waals surface area (Å²) in [4.78, 5) is 17.3. The van der Waals surface area contributed by atoms with Crippen LogP contribution >= 0.6 is 0 Å². The van der Waals surface area contributed by atoms with Crippen LogP contribution in [0.5, 0.6) is 5.75 Å². The molecule has 0 atom stereocenters. The normalized spacial score (nSPS) is 12.9. The number of aryl methyl sites for hydroxylation is 2. The average molecular weight is 324 g/mol. The van der Waals surface area contributed by atoms with Gasteiger partial charge in [-0.05, 0) is 30.5 Å². The van der Waals surface area contributed by atoms with E-state index in [9.17, 15) is 4.79 Å². The summed E-state index contributed by atoms with van der Waals surface area (Å²) in [7, 11) is 1.82. The van der Waals surface area contributed by atoms with Gasteiger partial charge in [-0.3, -0.25) is 9.79 Å². The molecule has 0 saturated carbocycles. The number of aromatic nitrogens is 1. The zero-order valence-corrected chi connectivity index (χ0v) is 14.6. The van der Waals surface area contributed by atoms with Crippen molar-refractivity contribution in [3.8, 4) is 5.75 Å². The lowest BCUT2D eigenvalue weighted by atomic mass is 10.0. The Balaban J connectivity index is 2.04. The molecule has 0 spiro atoms. The molecule has 4 heteroatoms. The summed E-state index contributed by atoms with van der Waals surface area (Å²) in [6.45, 7) is 4.91. The van der Waals surface area contributed by atoms with E-state index in [-0.39, 0.29) is 5.56 Å². The van der Waals surface area contributed by atoms with Gasteiger partial charge >= 0.3 is 0 Å². The Kier molecular flexibility index (Phi) is 4.84. The van der Waals surface area contributed by atoms with E-state index in [1.54, 1.807) is 4.57 Å². The summed E-state index contributed by atoms with van der Waals surface area (Å²) in [6.07, 6.45) is 5.43. The van der Waals surface area contributed by atoms with Crippen molar-refractivity contribution in [2.75, 3.05) is 6.61 Å². The molecule has 0 amide bonds. The maximum Gasteiger partial charge on any atom is 0.256 e. The van der Waals surface area contributed by atoms with Crippen LogP contribution in [0.1, 0.15) is 43.4 Å². The first kappa shape index (κ1) is 16.5. The fourth-order valence-corrected chi connectivity index (χ4v) is 3.15. The second kappa shape index (κ2) is 7.04. The Hall–Kier alpha value is -2.36. The largest absolute Gasteiger partial charge is 0.493 e. The molecule has 2 heterocycles. The van der Waals surface area contributed by atoms with Crippen molar-refractivity contribution in [2.45, 2.75) is 39.5 Å². The van der Waals surface area contributed by atoms with Gasteiger partial charge in [0.15, 0.2) is 0 Å². The molecule has 0 fully saturated rings. The monoisotopic (exact) mass is 324 g/mol. The van der Waals surface area contributed by atoms with E-state index in [0.29, 0.717) is 13.0 Å². The van der Waals surface area contributed by atoms with E-state index in [4.69, 9.17) is 9.73 Å². The second-order valence-electron chi connectivity index (χ2n) is 6.23. The fourth-order valence-electron chi connectivity index (χ4n) is 3.15. The minimum absolute atomic E-state index is 0.0514. The molecule has 1 aliphatic rings. The topological polar surface area (TPSA) is 43.6 Å². The van der Waals surface area contributed by atoms with E-state index in [1.165, 1.54) is 0 Å². The lowest BCUT2D eigenvalue weighted by Crippen LogP contribution is -2.21. The maximum atomic E-state index is 12.5. The molecular weight excluding hydrogens is 300 g/mol. The Morgan fingerprint density at radius 2 is 2.00 bits per heavy atom. The van der Waals surface area contributed by atoms with E-state index >= 15 is 0 Å². The summed E-state index contributed by atoms with van der Waals surface area (Å²) >= 11 is 0. The number of ether oxygens (including phenoxy) is 1. The molecule has 1 aliphatic heterocycles. The highest BCUT2D eigenvalue weighted by Gasteiger charge is 2.24. The maximum absolute atomic E-state index is 12.5. The molecule has 0 radical (unpaired) electrons. The lowest BCUT2D eigenvalue weighted by molar-refractivity contribution is 0.317. The smallest absolute Gasteiger partial charge is 0.256 e. The van der Waals surface area contributed by atoms with Crippen LogP contribution in [0.25, 0.3) is 0 Å². The number of rotatable bonds is 6. The highest BCUT2D eigenvalue weighted by atomic mass is 16.5. The summed E-state index contributed by atoms with van der Waals surface area (Å²) < 4.78 is 7.55. The molecule has 1 aromatic carbocycles. The van der Waals surface area contributed by atoms with Crippen molar-refractivity contribution in [3.05, 3.63) is 57.5 Å². The lowest BCUT2D eigenvalue weighted by Gasteiger charge is -2.10. The van der Waals surface area contributed by atoms with Crippen LogP contribution in [-0.4, -0.2) is 16.9 Å². The van der Waals surface area contributed by atoms with Crippen LogP contribution in [-0.2, 0) is 19.9 Å². The van der Waals surface area contributed by atoms with Crippen LogP contribution in [0.2, 0.25) is 0 Å². The van der Waals surface area contributed by atoms with Crippen molar-refractivity contribution in [1.82, 2.24) is 4.57 Å². The van der Waals surface area contributed by atoms with Crippen molar-refractivity contribution in [1.29, 1.82) is 0 Å². The highest BCUT2D eigenvalue weighted by molar-refractivity contribution is 6.08. The molecular formula is C20H24N2O2. The quantitative estimate of drug-likeness (QED) is 0.811. The molecule has 4 nitrogen and oxygen atoms in total. The van der Waals surface area contributed by atoms with Gasteiger partial charge in [0.1, 0.15) is 5.75 Å². The number of fused-ring (bicyclic) bond motifs is 1. The third-order valence-corrected chi connectivity index (χ3v) is 4.29. The molecule has 3 rings (SSSR count). The summed E-state index contributed by atoms with van der Waals surface area (Å²) in [5.41, 5.74) is 4.81. The fraction of sp³-hybridized carbons (Fsp3) is 0.400. The van der Waals surface area contributed by atoms with Gasteiger partial charge in [-0.2, -0.15) is 0 Å². The van der Waals surface area contributed by atoms with E-state index in [2.05, 4.69) is 13.8 Å². The van der Waals surface area contributed by atoms with E-state index in [0.717, 1.165) is 53.1 Å². The first-order valence-corrected chi connectivity index (χ1v) is 8.66. The van der Waals surface area contributed by atoms with Crippen molar-refractivity contribution in [3.63, 3.8) is 0 Å². The first-order valence-electron chi connectivity index (χ1n) is 8.66. The van der Waals surface area contributed by atoms with Crippen LogP contribution in [0.15, 0.2) is 40.2 Å². The molecule has 126 valence electrons. The molecule has 24 heavy (non-hydrogen) atoms. The van der Waals surface area contributed by atoms with Gasteiger partial charge in [0.25, 0.3) is 5.56 Å². The van der Waals surface area contributed by atoms with E-state index < -0.39 is 0 Å². The standard InChI is InChI=1S/C20H24N2O2/c1-4-8-14-13-22(3)20(23)16-12-17(21-19(14)16)15-9-6-7-10-18(15)24-11-5-2/h6-7,9-10,13H,4-5,8,11-12H2,1-3H3. The van der Waals surface area contributed by atoms with Crippen LogP contribution in [0.4, 0.5) is 5.69 Å². The number of benzene rings is 1. The molecule has 0 saturated heterocycles. The number of nitrogens with zero attached hydrogens (tertiary/aromatic N) is 2. The third kappa shape index (κ3) is 3.01. The minimum atomic E-state index is 0.0514. The number of pyridine rings is 1. The Morgan fingerprint density at radius 3 is 2.75 bits per heavy atom. The molecule has 0 unspecified atom stereocenters. The zero-order valence-electron chi connectivity index (χ0n) is 14.6. The van der Waals surface area contributed by atoms with Gasteiger partial charge in [0.05, 0.1) is 18.0 Å². The Morgan fingerprint density at radius 1 is 1.21 bits per heavy atom. The van der Waals surface area contributed by atoms with E-state index in [1.807, 2.05) is 37.5 Å². The number of para-hydroxylation sites is 1.